The Bertz CT molecular complexity index is 9770. The van der Waals surface area contributed by atoms with Crippen LogP contribution in [0, 0.1) is 0 Å². The molecule has 676 valence electrons. The quantitative estimate of drug-likeness (QED) is 0.114. The first-order valence-electron chi connectivity index (χ1n) is 49.6. The summed E-state index contributed by atoms with van der Waals surface area (Å²) in [4.78, 5) is 28.2. The fourth-order valence-corrected chi connectivity index (χ4v) is 23.2. The lowest BCUT2D eigenvalue weighted by Gasteiger charge is -2.22. The maximum absolute atomic E-state index is 5.42. The Hall–Kier alpha value is -18.6. The molecule has 8 heteroatoms. The number of anilines is 1. The van der Waals surface area contributed by atoms with Crippen molar-refractivity contribution in [2.45, 2.75) is 19.3 Å². The molecular weight excluding hydrogens is 1750 g/mol. The van der Waals surface area contributed by atoms with E-state index in [0.29, 0.717) is 17.5 Å². The van der Waals surface area contributed by atoms with Crippen LogP contribution in [0.1, 0.15) is 30.5 Å². The summed E-state index contributed by atoms with van der Waals surface area (Å²) >= 11 is 0. The van der Waals surface area contributed by atoms with Crippen LogP contribution in [0.3, 0.4) is 0 Å². The van der Waals surface area contributed by atoms with E-state index in [1.165, 1.54) is 169 Å². The van der Waals surface area contributed by atoms with Crippen LogP contribution >= 0.6 is 0 Å². The lowest BCUT2D eigenvalue weighted by molar-refractivity contribution is 0.660. The molecule has 0 radical (unpaired) electrons. The Balaban J connectivity index is 0.000000108. The molecule has 29 rings (SSSR count). The Morgan fingerprint density at radius 1 is 0.208 bits per heavy atom. The first-order chi connectivity index (χ1) is 71.2. The minimum atomic E-state index is -0.0640. The molecule has 1 aliphatic heterocycles. The van der Waals surface area contributed by atoms with Gasteiger partial charge in [0.15, 0.2) is 17.5 Å². The summed E-state index contributed by atoms with van der Waals surface area (Å²) in [5, 5.41) is 24.8. The second-order valence-electron chi connectivity index (χ2n) is 38.2. The second-order valence-corrected chi connectivity index (χ2v) is 38.2. The molecule has 0 N–H and O–H groups in total. The first-order valence-corrected chi connectivity index (χ1v) is 49.6. The van der Waals surface area contributed by atoms with Gasteiger partial charge in [0.25, 0.3) is 0 Å². The SMILES string of the molecule is CC1(C)c2ccccc2-c2c(-c3cc(-c4cccc(C5=NCCN5c5ccccc5)c4)c4c5ccccc5c5ccccc5c4c3)cccc21.c1ccc(-c2nc(-c3ccccc3)nc(-c3c(-c4ccccc4)ccc4c5ccccc5c5ccccc5c34)n2)cc1.c1ccc(-n2c(-c3cc(-c4ccc5c(c4)c4ccccc4n5-c4ccccc4)cc4c5ccccc5c5ccccc5c34)nc3ccccc32)cc1. The number of nitrogens with zero attached hydrogens (tertiary/aromatic N) is 8. The van der Waals surface area contributed by atoms with Gasteiger partial charge in [-0.2, -0.15) is 0 Å². The number of aliphatic imine (C=N–C) groups is 1. The number of fused-ring (bicyclic) bond motifs is 25. The number of rotatable bonds is 12. The number of aromatic nitrogens is 6. The van der Waals surface area contributed by atoms with Crippen molar-refractivity contribution < 1.29 is 0 Å². The van der Waals surface area contributed by atoms with Crippen molar-refractivity contribution in [1.29, 1.82) is 0 Å². The number of amidine groups is 1. The highest BCUT2D eigenvalue weighted by Crippen LogP contribution is 2.55. The van der Waals surface area contributed by atoms with Gasteiger partial charge in [0, 0.05) is 78.4 Å². The molecule has 4 heterocycles. The standard InChI is InChI=1S/C49H31N3.C48H36N2.C39H25N3/c1-3-15-34(16-4-1)51-45-25-13-11-22-39(45)41-29-32(27-28-46(41)51)33-30-42-38-21-8-7-19-36(38)37-20-9-10-23-40(37)48(42)43(31-33)49-50-44-24-12-14-26-47(44)52(49)35-17-5-2-6-18-35;1-48(2)43-24-11-10-22-40(43)46-35(23-13-25-44(46)48)33-29-41(45-39-21-9-8-19-37(39)36-18-6-7-20-38(36)42(45)30-33)31-14-12-15-32(28-31)47-49-26-27-50(47)34-16-4-3-5-17-34;1-4-14-26(15-5-1)29-24-25-34-32-22-11-10-20-30(32)31-21-12-13-23-33(31)35(34)36(29)39-41-37(27-16-6-2-7-17-27)40-38(42-39)28-18-8-3-9-19-28/h1-31H;3-25,28-30H,26-27H2,1-2H3;1-25H. The van der Waals surface area contributed by atoms with Gasteiger partial charge in [-0.15, -0.1) is 0 Å². The van der Waals surface area contributed by atoms with Crippen molar-refractivity contribution in [2.75, 3.05) is 18.0 Å². The van der Waals surface area contributed by atoms with Crippen molar-refractivity contribution in [2.24, 2.45) is 4.99 Å². The van der Waals surface area contributed by atoms with Gasteiger partial charge in [-0.3, -0.25) is 9.56 Å². The summed E-state index contributed by atoms with van der Waals surface area (Å²) in [5.41, 5.74) is 28.0. The van der Waals surface area contributed by atoms with Crippen LogP contribution < -0.4 is 4.90 Å². The molecule has 0 bridgehead atoms. The normalized spacial score (nSPS) is 12.7. The predicted octanol–water partition coefficient (Wildman–Crippen LogP) is 35.0. The average molecular weight is 1840 g/mol. The molecule has 3 aromatic heterocycles. The third kappa shape index (κ3) is 14.2. The molecule has 0 unspecified atom stereocenters. The lowest BCUT2D eigenvalue weighted by atomic mass is 9.81. The van der Waals surface area contributed by atoms with Gasteiger partial charge in [0.05, 0.1) is 28.6 Å². The van der Waals surface area contributed by atoms with E-state index in [0.717, 1.165) is 97.1 Å². The maximum atomic E-state index is 5.42. The Kier molecular flexibility index (Phi) is 20.6. The highest BCUT2D eigenvalue weighted by atomic mass is 15.2. The van der Waals surface area contributed by atoms with Crippen LogP contribution in [0.25, 0.3) is 242 Å². The largest absolute Gasteiger partial charge is 0.324 e. The first kappa shape index (κ1) is 84.6. The molecule has 2 aliphatic rings. The molecule has 27 aromatic rings. The van der Waals surface area contributed by atoms with E-state index in [4.69, 9.17) is 24.9 Å². The number of hydrogen-bond donors (Lipinski definition) is 0. The Morgan fingerprint density at radius 2 is 0.604 bits per heavy atom. The minimum absolute atomic E-state index is 0.0640. The number of hydrogen-bond acceptors (Lipinski definition) is 6. The van der Waals surface area contributed by atoms with E-state index < -0.39 is 0 Å². The van der Waals surface area contributed by atoms with E-state index in [-0.39, 0.29) is 5.41 Å². The van der Waals surface area contributed by atoms with E-state index in [1.54, 1.807) is 0 Å². The molecular formula is C136H92N8. The van der Waals surface area contributed by atoms with Crippen molar-refractivity contribution in [3.63, 3.8) is 0 Å². The van der Waals surface area contributed by atoms with Crippen LogP contribution in [0.4, 0.5) is 5.69 Å². The summed E-state index contributed by atoms with van der Waals surface area (Å²) < 4.78 is 4.71. The van der Waals surface area contributed by atoms with Gasteiger partial charge < -0.3 is 9.47 Å². The summed E-state index contributed by atoms with van der Waals surface area (Å²) in [6.45, 7) is 6.40. The zero-order valence-electron chi connectivity index (χ0n) is 79.3. The van der Waals surface area contributed by atoms with Gasteiger partial charge in [0.1, 0.15) is 11.7 Å². The van der Waals surface area contributed by atoms with Crippen molar-refractivity contribution in [3.8, 4) is 113 Å². The number of benzene rings is 24. The Labute approximate surface area is 833 Å². The van der Waals surface area contributed by atoms with Crippen molar-refractivity contribution >= 4 is 141 Å². The minimum Gasteiger partial charge on any atom is -0.324 e. The van der Waals surface area contributed by atoms with Gasteiger partial charge in [-0.25, -0.2) is 19.9 Å². The van der Waals surface area contributed by atoms with Gasteiger partial charge in [0.2, 0.25) is 0 Å². The molecule has 1 aliphatic carbocycles. The number of imidazole rings is 1. The van der Waals surface area contributed by atoms with E-state index in [1.807, 2.05) is 36.4 Å². The highest BCUT2D eigenvalue weighted by Gasteiger charge is 2.37. The molecule has 0 saturated heterocycles. The summed E-state index contributed by atoms with van der Waals surface area (Å²) in [6.07, 6.45) is 0. The summed E-state index contributed by atoms with van der Waals surface area (Å²) in [6, 6.07) is 179. The maximum Gasteiger partial charge on any atom is 0.165 e. The van der Waals surface area contributed by atoms with Crippen molar-refractivity contribution in [3.05, 3.63) is 514 Å². The van der Waals surface area contributed by atoms with Crippen molar-refractivity contribution in [1.82, 2.24) is 29.1 Å². The predicted molar refractivity (Wildman–Crippen MR) is 605 cm³/mol. The number of para-hydroxylation sites is 6. The van der Waals surface area contributed by atoms with Crippen LogP contribution in [0.2, 0.25) is 0 Å². The third-order valence-electron chi connectivity index (χ3n) is 29.7. The molecule has 0 fully saturated rings. The van der Waals surface area contributed by atoms with Crippen LogP contribution in [0.15, 0.2) is 502 Å². The topological polar surface area (TPSA) is 77.0 Å². The zero-order valence-corrected chi connectivity index (χ0v) is 79.3. The molecule has 0 saturated carbocycles. The highest BCUT2D eigenvalue weighted by molar-refractivity contribution is 6.33. The van der Waals surface area contributed by atoms with Crippen LogP contribution in [0.5, 0.6) is 0 Å². The summed E-state index contributed by atoms with van der Waals surface area (Å²) in [7, 11) is 0. The lowest BCUT2D eigenvalue weighted by Crippen LogP contribution is -2.28. The fraction of sp³-hybridized carbons (Fsp3) is 0.0368. The molecule has 0 atom stereocenters. The Morgan fingerprint density at radius 3 is 1.19 bits per heavy atom. The molecule has 144 heavy (non-hydrogen) atoms. The van der Waals surface area contributed by atoms with E-state index in [9.17, 15) is 0 Å². The van der Waals surface area contributed by atoms with Gasteiger partial charge >= 0.3 is 0 Å². The molecule has 8 nitrogen and oxygen atoms in total. The van der Waals surface area contributed by atoms with Crippen LogP contribution in [-0.2, 0) is 5.41 Å². The second kappa shape index (κ2) is 35.1. The van der Waals surface area contributed by atoms with Gasteiger partial charge in [-0.1, -0.05) is 414 Å². The average Bonchev–Trinajstić information content (AvgIpc) is 1.44. The van der Waals surface area contributed by atoms with E-state index in [2.05, 4.69) is 489 Å². The molecule has 24 aromatic carbocycles. The summed E-state index contributed by atoms with van der Waals surface area (Å²) in [5.74, 6) is 3.93. The monoisotopic (exact) mass is 1840 g/mol. The zero-order chi connectivity index (χ0) is 95.5. The van der Waals surface area contributed by atoms with E-state index >= 15 is 0 Å². The van der Waals surface area contributed by atoms with Gasteiger partial charge in [-0.05, 0) is 250 Å². The third-order valence-corrected chi connectivity index (χ3v) is 29.7. The fourth-order valence-electron chi connectivity index (χ4n) is 23.2. The van der Waals surface area contributed by atoms with Crippen LogP contribution in [-0.4, -0.2) is 48.0 Å². The smallest absolute Gasteiger partial charge is 0.165 e. The molecule has 0 spiro atoms. The molecule has 0 amide bonds.